The number of hydrogen-bond donors (Lipinski definition) is 1. The molecule has 0 aromatic heterocycles. The van der Waals surface area contributed by atoms with Gasteiger partial charge in [-0.1, -0.05) is 20.8 Å². The van der Waals surface area contributed by atoms with Crippen LogP contribution in [0.5, 0.6) is 0 Å². The Kier molecular flexibility index (Phi) is 4.49. The fourth-order valence-electron chi connectivity index (χ4n) is 3.60. The average Bonchev–Trinajstić information content (AvgIpc) is 2.79. The van der Waals surface area contributed by atoms with Crippen LogP contribution in [0.2, 0.25) is 0 Å². The zero-order chi connectivity index (χ0) is 15.8. The first-order valence-electron chi connectivity index (χ1n) is 7.96. The van der Waals surface area contributed by atoms with Gasteiger partial charge in [0, 0.05) is 26.2 Å². The van der Waals surface area contributed by atoms with E-state index in [9.17, 15) is 14.7 Å². The molecule has 1 aliphatic carbocycles. The Labute approximate surface area is 127 Å². The van der Waals surface area contributed by atoms with Gasteiger partial charge in [0.1, 0.15) is 0 Å². The van der Waals surface area contributed by atoms with Crippen LogP contribution in [-0.4, -0.2) is 53.1 Å². The van der Waals surface area contributed by atoms with Gasteiger partial charge in [0.05, 0.1) is 5.92 Å². The number of nitrogens with zero attached hydrogens (tertiary/aromatic N) is 2. The van der Waals surface area contributed by atoms with Gasteiger partial charge in [-0.3, -0.25) is 4.79 Å². The van der Waals surface area contributed by atoms with Crippen molar-refractivity contribution < 1.29 is 14.7 Å². The van der Waals surface area contributed by atoms with Gasteiger partial charge < -0.3 is 14.9 Å². The molecule has 2 aliphatic rings. The maximum atomic E-state index is 12.6. The maximum Gasteiger partial charge on any atom is 0.320 e. The van der Waals surface area contributed by atoms with Crippen LogP contribution in [0.15, 0.2) is 0 Å². The second kappa shape index (κ2) is 5.85. The van der Waals surface area contributed by atoms with E-state index < -0.39 is 11.9 Å². The fourth-order valence-corrected chi connectivity index (χ4v) is 3.60. The summed E-state index contributed by atoms with van der Waals surface area (Å²) >= 11 is 0. The number of carboxylic acids is 1. The summed E-state index contributed by atoms with van der Waals surface area (Å²) in [5.41, 5.74) is 0.386. The molecule has 1 N–H and O–H groups in total. The topological polar surface area (TPSA) is 60.9 Å². The summed E-state index contributed by atoms with van der Waals surface area (Å²) in [6.45, 7) is 7.38. The van der Waals surface area contributed by atoms with Gasteiger partial charge in [0.25, 0.3) is 0 Å². The number of hydrogen-bond acceptors (Lipinski definition) is 2. The van der Waals surface area contributed by atoms with E-state index in [2.05, 4.69) is 13.8 Å². The molecule has 2 rings (SSSR count). The second-order valence-electron chi connectivity index (χ2n) is 7.62. The molecule has 120 valence electrons. The molecule has 0 bridgehead atoms. The molecule has 0 aromatic carbocycles. The molecule has 1 saturated carbocycles. The quantitative estimate of drug-likeness (QED) is 0.852. The van der Waals surface area contributed by atoms with Crippen LogP contribution in [0.3, 0.4) is 0 Å². The van der Waals surface area contributed by atoms with Crippen LogP contribution in [-0.2, 0) is 4.79 Å². The Morgan fingerprint density at radius 1 is 1.19 bits per heavy atom. The summed E-state index contributed by atoms with van der Waals surface area (Å²) in [7, 11) is 1.87. The van der Waals surface area contributed by atoms with Crippen molar-refractivity contribution in [1.29, 1.82) is 0 Å². The van der Waals surface area contributed by atoms with E-state index in [1.165, 1.54) is 0 Å². The molecule has 2 fully saturated rings. The average molecular weight is 296 g/mol. The van der Waals surface area contributed by atoms with Crippen molar-refractivity contribution in [2.45, 2.75) is 52.5 Å². The van der Waals surface area contributed by atoms with E-state index in [4.69, 9.17) is 0 Å². The predicted molar refractivity (Wildman–Crippen MR) is 81.1 cm³/mol. The number of carbonyl (C=O) groups is 2. The van der Waals surface area contributed by atoms with Gasteiger partial charge in [-0.25, -0.2) is 4.79 Å². The fraction of sp³-hybridized carbons (Fsp3) is 0.875. The number of urea groups is 1. The van der Waals surface area contributed by atoms with Crippen molar-refractivity contribution in [3.63, 3.8) is 0 Å². The molecule has 2 atom stereocenters. The number of likely N-dealkylation sites (tertiary alicyclic amines) is 1. The van der Waals surface area contributed by atoms with Crippen molar-refractivity contribution in [3.8, 4) is 0 Å². The molecular formula is C16H28N2O3. The lowest BCUT2D eigenvalue weighted by Crippen LogP contribution is -2.47. The number of rotatable bonds is 2. The normalized spacial score (nSPS) is 29.4. The molecule has 1 saturated heterocycles. The summed E-state index contributed by atoms with van der Waals surface area (Å²) < 4.78 is 0. The van der Waals surface area contributed by atoms with E-state index in [1.807, 2.05) is 18.9 Å². The number of aliphatic carboxylic acids is 1. The SMILES string of the molecule is C[C@@H]1CN(C(=O)N(C)C2CCC(C)(C)CC2)C[C@H]1C(=O)O. The van der Waals surface area contributed by atoms with Gasteiger partial charge in [0.15, 0.2) is 0 Å². The Morgan fingerprint density at radius 3 is 2.24 bits per heavy atom. The summed E-state index contributed by atoms with van der Waals surface area (Å²) in [6, 6.07) is 0.292. The van der Waals surface area contributed by atoms with Crippen LogP contribution in [0.4, 0.5) is 4.79 Å². The standard InChI is InChI=1S/C16H28N2O3/c1-11-9-18(10-13(11)14(19)20)15(21)17(4)12-5-7-16(2,3)8-6-12/h11-13H,5-10H2,1-4H3,(H,19,20)/t11-,13-/m1/s1. The summed E-state index contributed by atoms with van der Waals surface area (Å²) in [5.74, 6) is -1.18. The lowest BCUT2D eigenvalue weighted by atomic mass is 9.75. The molecule has 0 aromatic rings. The van der Waals surface area contributed by atoms with Crippen LogP contribution >= 0.6 is 0 Å². The van der Waals surface area contributed by atoms with Gasteiger partial charge in [0.2, 0.25) is 0 Å². The van der Waals surface area contributed by atoms with E-state index in [0.717, 1.165) is 25.7 Å². The van der Waals surface area contributed by atoms with Crippen LogP contribution in [0.25, 0.3) is 0 Å². The first-order chi connectivity index (χ1) is 9.71. The molecule has 0 unspecified atom stereocenters. The molecule has 5 heteroatoms. The van der Waals surface area contributed by atoms with Gasteiger partial charge in [-0.05, 0) is 37.0 Å². The summed E-state index contributed by atoms with van der Waals surface area (Å²) in [6.07, 6.45) is 4.37. The monoisotopic (exact) mass is 296 g/mol. The Bertz CT molecular complexity index is 412. The second-order valence-corrected chi connectivity index (χ2v) is 7.62. The minimum atomic E-state index is -0.792. The van der Waals surface area contributed by atoms with Gasteiger partial charge in [-0.15, -0.1) is 0 Å². The highest BCUT2D eigenvalue weighted by Crippen LogP contribution is 2.37. The summed E-state index contributed by atoms with van der Waals surface area (Å²) in [5, 5.41) is 9.18. The molecule has 1 aliphatic heterocycles. The van der Waals surface area contributed by atoms with Crippen LogP contribution < -0.4 is 0 Å². The molecule has 1 heterocycles. The molecule has 5 nitrogen and oxygen atoms in total. The van der Waals surface area contributed by atoms with Crippen molar-refractivity contribution in [1.82, 2.24) is 9.80 Å². The number of carboxylic acid groups (broad SMARTS) is 1. The Hall–Kier alpha value is -1.26. The highest BCUT2D eigenvalue weighted by molar-refractivity contribution is 5.77. The zero-order valence-corrected chi connectivity index (χ0v) is 13.6. The zero-order valence-electron chi connectivity index (χ0n) is 13.6. The lowest BCUT2D eigenvalue weighted by molar-refractivity contribution is -0.142. The van der Waals surface area contributed by atoms with Crippen molar-refractivity contribution in [2.24, 2.45) is 17.3 Å². The highest BCUT2D eigenvalue weighted by Gasteiger charge is 2.39. The maximum absolute atomic E-state index is 12.6. The molecule has 2 amide bonds. The third-order valence-electron chi connectivity index (χ3n) is 5.36. The third kappa shape index (κ3) is 3.50. The number of amides is 2. The molecule has 0 radical (unpaired) electrons. The predicted octanol–water partition coefficient (Wildman–Crippen LogP) is 2.66. The third-order valence-corrected chi connectivity index (χ3v) is 5.36. The van der Waals surface area contributed by atoms with Crippen LogP contribution in [0, 0.1) is 17.3 Å². The van der Waals surface area contributed by atoms with Crippen molar-refractivity contribution in [2.75, 3.05) is 20.1 Å². The Balaban J connectivity index is 1.93. The molecule has 21 heavy (non-hydrogen) atoms. The van der Waals surface area contributed by atoms with Gasteiger partial charge in [-0.2, -0.15) is 0 Å². The first kappa shape index (κ1) is 16.1. The van der Waals surface area contributed by atoms with E-state index >= 15 is 0 Å². The minimum Gasteiger partial charge on any atom is -0.481 e. The number of carbonyl (C=O) groups excluding carboxylic acids is 1. The largest absolute Gasteiger partial charge is 0.481 e. The highest BCUT2D eigenvalue weighted by atomic mass is 16.4. The van der Waals surface area contributed by atoms with E-state index in [0.29, 0.717) is 24.5 Å². The van der Waals surface area contributed by atoms with Gasteiger partial charge >= 0.3 is 12.0 Å². The van der Waals surface area contributed by atoms with E-state index in [1.54, 1.807) is 4.90 Å². The Morgan fingerprint density at radius 2 is 1.76 bits per heavy atom. The molecule has 0 spiro atoms. The lowest BCUT2D eigenvalue weighted by Gasteiger charge is -2.39. The van der Waals surface area contributed by atoms with Crippen LogP contribution in [0.1, 0.15) is 46.5 Å². The van der Waals surface area contributed by atoms with E-state index in [-0.39, 0.29) is 11.9 Å². The van der Waals surface area contributed by atoms with Crippen molar-refractivity contribution in [3.05, 3.63) is 0 Å². The minimum absolute atomic E-state index is 0.00435. The smallest absolute Gasteiger partial charge is 0.320 e. The first-order valence-corrected chi connectivity index (χ1v) is 7.96. The summed E-state index contributed by atoms with van der Waals surface area (Å²) in [4.78, 5) is 27.3. The van der Waals surface area contributed by atoms with Crippen molar-refractivity contribution >= 4 is 12.0 Å². The molecular weight excluding hydrogens is 268 g/mol.